The molecule has 0 N–H and O–H groups in total. The van der Waals surface area contributed by atoms with E-state index in [0.29, 0.717) is 5.92 Å². The first-order valence-corrected chi connectivity index (χ1v) is 6.51. The third-order valence-corrected chi connectivity index (χ3v) is 3.28. The number of pyridine rings is 1. The Morgan fingerprint density at radius 1 is 0.889 bits per heavy atom. The van der Waals surface area contributed by atoms with E-state index in [2.05, 4.69) is 76.2 Å². The molecule has 0 amide bonds. The van der Waals surface area contributed by atoms with Gasteiger partial charge in [-0.1, -0.05) is 64.1 Å². The summed E-state index contributed by atoms with van der Waals surface area (Å²) in [5.74, 6) is 0.341. The van der Waals surface area contributed by atoms with Gasteiger partial charge in [0.25, 0.3) is 0 Å². The van der Waals surface area contributed by atoms with E-state index < -0.39 is 0 Å². The molecule has 1 unspecified atom stereocenters. The summed E-state index contributed by atoms with van der Waals surface area (Å²) in [6.07, 6.45) is 0. The van der Waals surface area contributed by atoms with Crippen molar-refractivity contribution in [3.8, 4) is 0 Å². The second-order valence-corrected chi connectivity index (χ2v) is 5.83. The van der Waals surface area contributed by atoms with E-state index in [9.17, 15) is 0 Å². The monoisotopic (exact) mass is 239 g/mol. The van der Waals surface area contributed by atoms with Gasteiger partial charge in [0.2, 0.25) is 0 Å². The Hall–Kier alpha value is -1.63. The molecule has 0 aliphatic carbocycles. The van der Waals surface area contributed by atoms with E-state index in [4.69, 9.17) is 4.98 Å². The average Bonchev–Trinajstić information content (AvgIpc) is 2.38. The van der Waals surface area contributed by atoms with Crippen LogP contribution in [0.5, 0.6) is 0 Å². The van der Waals surface area contributed by atoms with Crippen molar-refractivity contribution in [3.05, 3.63) is 65.5 Å². The number of benzene rings is 1. The molecule has 2 rings (SSSR count). The number of rotatable bonds is 2. The maximum atomic E-state index is 4.82. The van der Waals surface area contributed by atoms with E-state index in [0.717, 1.165) is 11.4 Å². The standard InChI is InChI=1S/C17H21N/c1-13(14-9-6-5-7-10-14)15-11-8-12-16(18-15)17(2,3)4/h5-13H,1-4H3. The highest BCUT2D eigenvalue weighted by atomic mass is 14.7. The van der Waals surface area contributed by atoms with Gasteiger partial charge in [-0.15, -0.1) is 0 Å². The zero-order valence-electron chi connectivity index (χ0n) is 11.6. The van der Waals surface area contributed by atoms with Crippen molar-refractivity contribution in [2.75, 3.05) is 0 Å². The maximum absolute atomic E-state index is 4.82. The van der Waals surface area contributed by atoms with Crippen LogP contribution in [0.15, 0.2) is 48.5 Å². The number of aromatic nitrogens is 1. The molecule has 0 bridgehead atoms. The summed E-state index contributed by atoms with van der Waals surface area (Å²) in [5.41, 5.74) is 3.72. The molecule has 1 heterocycles. The Morgan fingerprint density at radius 3 is 2.17 bits per heavy atom. The summed E-state index contributed by atoms with van der Waals surface area (Å²) in [6.45, 7) is 8.81. The van der Waals surface area contributed by atoms with Crippen molar-refractivity contribution in [2.45, 2.75) is 39.0 Å². The van der Waals surface area contributed by atoms with Crippen molar-refractivity contribution in [1.29, 1.82) is 0 Å². The number of hydrogen-bond acceptors (Lipinski definition) is 1. The average molecular weight is 239 g/mol. The highest BCUT2D eigenvalue weighted by Gasteiger charge is 2.17. The van der Waals surface area contributed by atoms with Crippen LogP contribution in [-0.2, 0) is 5.41 Å². The molecule has 1 aromatic carbocycles. The van der Waals surface area contributed by atoms with Gasteiger partial charge in [-0.25, -0.2) is 0 Å². The van der Waals surface area contributed by atoms with Crippen LogP contribution < -0.4 is 0 Å². The first-order chi connectivity index (χ1) is 8.48. The van der Waals surface area contributed by atoms with Crippen LogP contribution >= 0.6 is 0 Å². The second-order valence-electron chi connectivity index (χ2n) is 5.83. The van der Waals surface area contributed by atoms with Crippen molar-refractivity contribution in [1.82, 2.24) is 4.98 Å². The van der Waals surface area contributed by atoms with Crippen molar-refractivity contribution in [2.24, 2.45) is 0 Å². The van der Waals surface area contributed by atoms with E-state index in [-0.39, 0.29) is 5.41 Å². The smallest absolute Gasteiger partial charge is 0.0479 e. The lowest BCUT2D eigenvalue weighted by molar-refractivity contribution is 0.564. The molecule has 0 aliphatic rings. The molecule has 2 aromatic rings. The van der Waals surface area contributed by atoms with E-state index in [1.54, 1.807) is 0 Å². The SMILES string of the molecule is CC(c1ccccc1)c1cccc(C(C)(C)C)n1. The molecule has 0 saturated heterocycles. The molecule has 0 spiro atoms. The van der Waals surface area contributed by atoms with Crippen molar-refractivity contribution < 1.29 is 0 Å². The Morgan fingerprint density at radius 2 is 1.56 bits per heavy atom. The second kappa shape index (κ2) is 4.93. The van der Waals surface area contributed by atoms with E-state index in [1.807, 2.05) is 0 Å². The lowest BCUT2D eigenvalue weighted by Crippen LogP contribution is -2.15. The summed E-state index contributed by atoms with van der Waals surface area (Å²) >= 11 is 0. The van der Waals surface area contributed by atoms with Gasteiger partial charge < -0.3 is 0 Å². The Kier molecular flexibility index (Phi) is 3.51. The van der Waals surface area contributed by atoms with E-state index >= 15 is 0 Å². The third kappa shape index (κ3) is 2.79. The van der Waals surface area contributed by atoms with Gasteiger partial charge >= 0.3 is 0 Å². The molecular formula is C17H21N. The van der Waals surface area contributed by atoms with Crippen LogP contribution in [-0.4, -0.2) is 4.98 Å². The predicted octanol–water partition coefficient (Wildman–Crippen LogP) is 4.53. The highest BCUT2D eigenvalue weighted by Crippen LogP contribution is 2.25. The van der Waals surface area contributed by atoms with Gasteiger partial charge in [0.1, 0.15) is 0 Å². The minimum absolute atomic E-state index is 0.104. The minimum atomic E-state index is 0.104. The summed E-state index contributed by atoms with van der Waals surface area (Å²) in [6, 6.07) is 16.9. The molecule has 1 aromatic heterocycles. The fourth-order valence-electron chi connectivity index (χ4n) is 2.02. The Balaban J connectivity index is 2.35. The molecule has 1 atom stereocenters. The van der Waals surface area contributed by atoms with Crippen LogP contribution in [0.25, 0.3) is 0 Å². The molecule has 0 aliphatic heterocycles. The van der Waals surface area contributed by atoms with Gasteiger partial charge in [0, 0.05) is 22.7 Å². The number of hydrogen-bond donors (Lipinski definition) is 0. The van der Waals surface area contributed by atoms with Crippen LogP contribution in [0, 0.1) is 0 Å². The molecule has 94 valence electrons. The Labute approximate surface area is 110 Å². The van der Waals surface area contributed by atoms with Crippen molar-refractivity contribution >= 4 is 0 Å². The normalized spacial score (nSPS) is 13.3. The molecule has 18 heavy (non-hydrogen) atoms. The maximum Gasteiger partial charge on any atom is 0.0479 e. The first kappa shape index (κ1) is 12.8. The lowest BCUT2D eigenvalue weighted by Gasteiger charge is -2.20. The molecule has 1 heteroatoms. The van der Waals surface area contributed by atoms with Gasteiger partial charge in [0.05, 0.1) is 0 Å². The molecule has 0 saturated carbocycles. The molecular weight excluding hydrogens is 218 g/mol. The Bertz CT molecular complexity index is 509. The quantitative estimate of drug-likeness (QED) is 0.750. The fraction of sp³-hybridized carbons (Fsp3) is 0.353. The molecule has 0 fully saturated rings. The lowest BCUT2D eigenvalue weighted by atomic mass is 9.90. The number of nitrogens with zero attached hydrogens (tertiary/aromatic N) is 1. The van der Waals surface area contributed by atoms with Crippen LogP contribution in [0.2, 0.25) is 0 Å². The van der Waals surface area contributed by atoms with Crippen LogP contribution in [0.3, 0.4) is 0 Å². The zero-order chi connectivity index (χ0) is 13.2. The first-order valence-electron chi connectivity index (χ1n) is 6.51. The summed E-state index contributed by atoms with van der Waals surface area (Å²) in [4.78, 5) is 4.82. The van der Waals surface area contributed by atoms with Gasteiger partial charge in [-0.2, -0.15) is 0 Å². The molecule has 1 nitrogen and oxygen atoms in total. The van der Waals surface area contributed by atoms with Gasteiger partial charge in [-0.3, -0.25) is 4.98 Å². The molecule has 0 radical (unpaired) electrons. The zero-order valence-corrected chi connectivity index (χ0v) is 11.6. The third-order valence-electron chi connectivity index (χ3n) is 3.28. The van der Waals surface area contributed by atoms with Crippen molar-refractivity contribution in [3.63, 3.8) is 0 Å². The highest BCUT2D eigenvalue weighted by molar-refractivity contribution is 5.29. The van der Waals surface area contributed by atoms with Gasteiger partial charge in [-0.05, 0) is 17.7 Å². The minimum Gasteiger partial charge on any atom is -0.257 e. The summed E-state index contributed by atoms with van der Waals surface area (Å²) < 4.78 is 0. The van der Waals surface area contributed by atoms with Crippen LogP contribution in [0.1, 0.15) is 50.6 Å². The summed E-state index contributed by atoms with van der Waals surface area (Å²) in [7, 11) is 0. The van der Waals surface area contributed by atoms with E-state index in [1.165, 1.54) is 5.56 Å². The fourth-order valence-corrected chi connectivity index (χ4v) is 2.02. The largest absolute Gasteiger partial charge is 0.257 e. The predicted molar refractivity (Wildman–Crippen MR) is 76.9 cm³/mol. The topological polar surface area (TPSA) is 12.9 Å². The van der Waals surface area contributed by atoms with Crippen LogP contribution in [0.4, 0.5) is 0 Å². The summed E-state index contributed by atoms with van der Waals surface area (Å²) in [5, 5.41) is 0. The van der Waals surface area contributed by atoms with Gasteiger partial charge in [0.15, 0.2) is 0 Å².